The van der Waals surface area contributed by atoms with E-state index in [0.29, 0.717) is 0 Å². The zero-order valence-corrected chi connectivity index (χ0v) is 13.3. The molecule has 2 amide bonds. The van der Waals surface area contributed by atoms with E-state index in [2.05, 4.69) is 19.2 Å². The highest BCUT2D eigenvalue weighted by Crippen LogP contribution is 2.18. The van der Waals surface area contributed by atoms with Crippen LogP contribution in [0.15, 0.2) is 0 Å². The van der Waals surface area contributed by atoms with Crippen LogP contribution in [0.1, 0.15) is 72.1 Å². The van der Waals surface area contributed by atoms with Crippen LogP contribution in [0.3, 0.4) is 0 Å². The van der Waals surface area contributed by atoms with Crippen molar-refractivity contribution >= 4 is 11.8 Å². The molecule has 0 aromatic heterocycles. The van der Waals surface area contributed by atoms with Crippen LogP contribution in [-0.4, -0.2) is 35.3 Å². The number of nitrogens with one attached hydrogen (secondary N) is 1. The third kappa shape index (κ3) is 4.50. The van der Waals surface area contributed by atoms with Crippen molar-refractivity contribution in [3.05, 3.63) is 0 Å². The van der Waals surface area contributed by atoms with Crippen molar-refractivity contribution in [1.29, 1.82) is 0 Å². The molecule has 0 spiro atoms. The number of hydrogen-bond donors (Lipinski definition) is 1. The van der Waals surface area contributed by atoms with Crippen LogP contribution in [0.25, 0.3) is 0 Å². The second kappa shape index (κ2) is 8.98. The lowest BCUT2D eigenvalue weighted by Crippen LogP contribution is -2.63. The Balaban J connectivity index is 2.68. The monoisotopic (exact) mass is 282 g/mol. The molecule has 0 saturated carbocycles. The Bertz CT molecular complexity index is 318. The van der Waals surface area contributed by atoms with E-state index in [1.54, 1.807) is 0 Å². The van der Waals surface area contributed by atoms with Gasteiger partial charge in [-0.2, -0.15) is 0 Å². The van der Waals surface area contributed by atoms with Crippen LogP contribution in [-0.2, 0) is 9.59 Å². The molecule has 0 aliphatic carbocycles. The summed E-state index contributed by atoms with van der Waals surface area (Å²) in [6.07, 6.45) is 7.88. The van der Waals surface area contributed by atoms with Gasteiger partial charge in [0.05, 0.1) is 0 Å². The van der Waals surface area contributed by atoms with Crippen molar-refractivity contribution in [3.63, 3.8) is 0 Å². The lowest BCUT2D eigenvalue weighted by Gasteiger charge is -2.39. The quantitative estimate of drug-likeness (QED) is 0.661. The van der Waals surface area contributed by atoms with Crippen molar-refractivity contribution in [2.45, 2.75) is 84.2 Å². The van der Waals surface area contributed by atoms with Gasteiger partial charge in [0.25, 0.3) is 0 Å². The van der Waals surface area contributed by atoms with Crippen molar-refractivity contribution in [1.82, 2.24) is 10.2 Å². The first kappa shape index (κ1) is 17.0. The van der Waals surface area contributed by atoms with Crippen molar-refractivity contribution in [3.8, 4) is 0 Å². The molecule has 20 heavy (non-hydrogen) atoms. The molecule has 1 aliphatic heterocycles. The number of carbonyl (C=O) groups excluding carboxylic acids is 2. The molecule has 0 radical (unpaired) electrons. The van der Waals surface area contributed by atoms with Crippen molar-refractivity contribution in [2.75, 3.05) is 6.54 Å². The average Bonchev–Trinajstić information content (AvgIpc) is 2.43. The molecule has 0 bridgehead atoms. The van der Waals surface area contributed by atoms with Gasteiger partial charge in [-0.15, -0.1) is 0 Å². The Morgan fingerprint density at radius 1 is 0.950 bits per heavy atom. The number of carbonyl (C=O) groups is 2. The third-order valence-corrected chi connectivity index (χ3v) is 3.97. The number of nitrogens with zero attached hydrogens (tertiary/aromatic N) is 1. The molecule has 0 aromatic carbocycles. The van der Waals surface area contributed by atoms with Gasteiger partial charge in [0.15, 0.2) is 0 Å². The minimum absolute atomic E-state index is 0.0420. The fourth-order valence-electron chi connectivity index (χ4n) is 2.84. The summed E-state index contributed by atoms with van der Waals surface area (Å²) in [5.74, 6) is 0.168. The molecule has 1 heterocycles. The highest BCUT2D eigenvalue weighted by Gasteiger charge is 2.38. The van der Waals surface area contributed by atoms with Gasteiger partial charge in [0, 0.05) is 6.54 Å². The standard InChI is InChI=1S/C16H30N2O2/c1-4-7-8-9-12-18-14(11-6-3)15(19)17-13(10-5-2)16(18)20/h13-14H,4-12H2,1-3H3,(H,17,19). The van der Waals surface area contributed by atoms with E-state index in [-0.39, 0.29) is 23.9 Å². The topological polar surface area (TPSA) is 49.4 Å². The van der Waals surface area contributed by atoms with E-state index in [0.717, 1.165) is 45.1 Å². The zero-order valence-electron chi connectivity index (χ0n) is 13.3. The summed E-state index contributed by atoms with van der Waals surface area (Å²) >= 11 is 0. The minimum Gasteiger partial charge on any atom is -0.343 e. The summed E-state index contributed by atoms with van der Waals surface area (Å²) in [4.78, 5) is 26.6. The normalized spacial score (nSPS) is 23.1. The predicted octanol–water partition coefficient (Wildman–Crippen LogP) is 2.86. The summed E-state index contributed by atoms with van der Waals surface area (Å²) in [6, 6.07) is -0.547. The molecule has 4 heteroatoms. The second-order valence-electron chi connectivity index (χ2n) is 5.75. The van der Waals surface area contributed by atoms with Gasteiger partial charge in [0.1, 0.15) is 12.1 Å². The molecule has 2 atom stereocenters. The van der Waals surface area contributed by atoms with E-state index in [9.17, 15) is 9.59 Å². The molecular weight excluding hydrogens is 252 g/mol. The Labute approximate surface area is 123 Å². The molecule has 1 saturated heterocycles. The molecule has 1 aliphatic rings. The largest absolute Gasteiger partial charge is 0.343 e. The highest BCUT2D eigenvalue weighted by atomic mass is 16.2. The smallest absolute Gasteiger partial charge is 0.245 e. The number of rotatable bonds is 9. The molecule has 4 nitrogen and oxygen atoms in total. The molecular formula is C16H30N2O2. The van der Waals surface area contributed by atoms with Crippen LogP contribution < -0.4 is 5.32 Å². The lowest BCUT2D eigenvalue weighted by molar-refractivity contribution is -0.149. The van der Waals surface area contributed by atoms with Crippen LogP contribution in [0.4, 0.5) is 0 Å². The van der Waals surface area contributed by atoms with Crippen LogP contribution in [0.2, 0.25) is 0 Å². The maximum absolute atomic E-state index is 12.5. The predicted molar refractivity (Wildman–Crippen MR) is 81.4 cm³/mol. The molecule has 1 fully saturated rings. The van der Waals surface area contributed by atoms with Crippen LogP contribution in [0.5, 0.6) is 0 Å². The summed E-state index contributed by atoms with van der Waals surface area (Å²) in [7, 11) is 0. The van der Waals surface area contributed by atoms with Crippen molar-refractivity contribution < 1.29 is 9.59 Å². The van der Waals surface area contributed by atoms with Crippen LogP contribution in [0, 0.1) is 0 Å². The lowest BCUT2D eigenvalue weighted by atomic mass is 10.00. The van der Waals surface area contributed by atoms with E-state index in [4.69, 9.17) is 0 Å². The summed E-state index contributed by atoms with van der Waals surface area (Å²) in [5.41, 5.74) is 0. The number of amides is 2. The minimum atomic E-state index is -0.299. The van der Waals surface area contributed by atoms with E-state index in [1.165, 1.54) is 12.8 Å². The maximum atomic E-state index is 12.5. The number of hydrogen-bond acceptors (Lipinski definition) is 2. The second-order valence-corrected chi connectivity index (χ2v) is 5.75. The van der Waals surface area contributed by atoms with Gasteiger partial charge < -0.3 is 10.2 Å². The molecule has 1 N–H and O–H groups in total. The number of unbranched alkanes of at least 4 members (excludes halogenated alkanes) is 3. The molecule has 0 aromatic rings. The summed E-state index contributed by atoms with van der Waals surface area (Å²) in [5, 5.41) is 2.90. The summed E-state index contributed by atoms with van der Waals surface area (Å²) in [6.45, 7) is 7.02. The molecule has 1 rings (SSSR count). The first-order chi connectivity index (χ1) is 9.65. The van der Waals surface area contributed by atoms with Crippen molar-refractivity contribution in [2.24, 2.45) is 0 Å². The van der Waals surface area contributed by atoms with Gasteiger partial charge in [-0.25, -0.2) is 0 Å². The van der Waals surface area contributed by atoms with E-state index < -0.39 is 0 Å². The third-order valence-electron chi connectivity index (χ3n) is 3.97. The van der Waals surface area contributed by atoms with Gasteiger partial charge in [-0.3, -0.25) is 9.59 Å². The number of piperazine rings is 1. The highest BCUT2D eigenvalue weighted by molar-refractivity contribution is 5.96. The van der Waals surface area contributed by atoms with E-state index in [1.807, 2.05) is 11.8 Å². The fourth-order valence-corrected chi connectivity index (χ4v) is 2.84. The zero-order chi connectivity index (χ0) is 15.0. The molecule has 2 unspecified atom stereocenters. The van der Waals surface area contributed by atoms with Crippen LogP contribution >= 0.6 is 0 Å². The SMILES string of the molecule is CCCCCCN1C(=O)C(CCC)NC(=O)C1CCC. The van der Waals surface area contributed by atoms with Gasteiger partial charge in [0.2, 0.25) is 11.8 Å². The Morgan fingerprint density at radius 2 is 1.65 bits per heavy atom. The first-order valence-corrected chi connectivity index (χ1v) is 8.26. The Hall–Kier alpha value is -1.06. The van der Waals surface area contributed by atoms with E-state index >= 15 is 0 Å². The maximum Gasteiger partial charge on any atom is 0.245 e. The summed E-state index contributed by atoms with van der Waals surface area (Å²) < 4.78 is 0. The fraction of sp³-hybridized carbons (Fsp3) is 0.875. The van der Waals surface area contributed by atoms with Gasteiger partial charge >= 0.3 is 0 Å². The molecule has 116 valence electrons. The first-order valence-electron chi connectivity index (χ1n) is 8.26. The Morgan fingerprint density at radius 3 is 2.25 bits per heavy atom. The van der Waals surface area contributed by atoms with Gasteiger partial charge in [-0.1, -0.05) is 52.9 Å². The Kier molecular flexibility index (Phi) is 7.63. The van der Waals surface area contributed by atoms with Gasteiger partial charge in [-0.05, 0) is 19.3 Å². The average molecular weight is 282 g/mol.